The first-order chi connectivity index (χ1) is 11.4. The van der Waals surface area contributed by atoms with Crippen molar-refractivity contribution in [1.82, 2.24) is 5.16 Å². The minimum atomic E-state index is 0.252. The molecule has 0 saturated heterocycles. The molecule has 1 saturated carbocycles. The van der Waals surface area contributed by atoms with Gasteiger partial charge in [0.25, 0.3) is 0 Å². The summed E-state index contributed by atoms with van der Waals surface area (Å²) in [5, 5.41) is 3.84. The van der Waals surface area contributed by atoms with Crippen molar-refractivity contribution in [2.24, 2.45) is 5.92 Å². The maximum atomic E-state index is 5.32. The molecule has 0 N–H and O–H groups in total. The first kappa shape index (κ1) is 15.7. The molecule has 2 aromatic rings. The number of aromatic nitrogens is 1. The Morgan fingerprint density at radius 1 is 1.04 bits per heavy atom. The standard InChI is InChI=1S/C22H27NO/c1-21(2)10-11-22(3,4)20-13-16(7-8-19(20)21)18(15-5-6-15)14-17-9-12-23-24-17/h7-9,12-15H,5-6,10-11H2,1-4H3. The van der Waals surface area contributed by atoms with Gasteiger partial charge in [-0.1, -0.05) is 51.1 Å². The first-order valence-corrected chi connectivity index (χ1v) is 9.14. The van der Waals surface area contributed by atoms with E-state index in [2.05, 4.69) is 57.1 Å². The number of hydrogen-bond donors (Lipinski definition) is 0. The van der Waals surface area contributed by atoms with Crippen molar-refractivity contribution >= 4 is 11.6 Å². The summed E-state index contributed by atoms with van der Waals surface area (Å²) in [7, 11) is 0. The van der Waals surface area contributed by atoms with Crippen LogP contribution in [0.5, 0.6) is 0 Å². The third-order valence-electron chi connectivity index (χ3n) is 5.96. The number of hydrogen-bond acceptors (Lipinski definition) is 2. The molecule has 0 bridgehead atoms. The van der Waals surface area contributed by atoms with Gasteiger partial charge in [-0.3, -0.25) is 0 Å². The van der Waals surface area contributed by atoms with Crippen molar-refractivity contribution in [3.63, 3.8) is 0 Å². The van der Waals surface area contributed by atoms with Crippen LogP contribution in [0, 0.1) is 5.92 Å². The highest BCUT2D eigenvalue weighted by Crippen LogP contribution is 2.48. The average molecular weight is 321 g/mol. The minimum absolute atomic E-state index is 0.252. The van der Waals surface area contributed by atoms with E-state index in [0.29, 0.717) is 5.92 Å². The molecule has 0 spiro atoms. The second-order valence-electron chi connectivity index (χ2n) is 8.82. The number of benzene rings is 1. The maximum absolute atomic E-state index is 5.32. The molecule has 2 nitrogen and oxygen atoms in total. The van der Waals surface area contributed by atoms with Crippen LogP contribution in [0.2, 0.25) is 0 Å². The molecule has 1 heterocycles. The number of rotatable bonds is 3. The normalized spacial score (nSPS) is 22.2. The van der Waals surface area contributed by atoms with Gasteiger partial charge in [-0.2, -0.15) is 0 Å². The SMILES string of the molecule is CC1(C)CCC(C)(C)c2cc(C(=Cc3ccno3)C3CC3)ccc21. The van der Waals surface area contributed by atoms with Gasteiger partial charge in [0.05, 0.1) is 6.20 Å². The van der Waals surface area contributed by atoms with Crippen molar-refractivity contribution in [2.45, 2.75) is 64.2 Å². The van der Waals surface area contributed by atoms with Crippen molar-refractivity contribution in [3.8, 4) is 0 Å². The zero-order chi connectivity index (χ0) is 16.9. The van der Waals surface area contributed by atoms with Crippen molar-refractivity contribution < 1.29 is 4.52 Å². The van der Waals surface area contributed by atoms with Crippen LogP contribution in [0.1, 0.15) is 75.8 Å². The van der Waals surface area contributed by atoms with Crippen LogP contribution in [0.25, 0.3) is 11.6 Å². The van der Waals surface area contributed by atoms with Crippen molar-refractivity contribution in [2.75, 3.05) is 0 Å². The molecule has 2 aliphatic rings. The summed E-state index contributed by atoms with van der Waals surface area (Å²) in [6.07, 6.45) is 8.98. The Hall–Kier alpha value is -1.83. The fraction of sp³-hybridized carbons (Fsp3) is 0.500. The van der Waals surface area contributed by atoms with E-state index in [4.69, 9.17) is 4.52 Å². The molecule has 0 atom stereocenters. The summed E-state index contributed by atoms with van der Waals surface area (Å²) in [6.45, 7) is 9.55. The number of allylic oxidation sites excluding steroid dienone is 1. The van der Waals surface area contributed by atoms with Crippen molar-refractivity contribution in [1.29, 1.82) is 0 Å². The fourth-order valence-corrected chi connectivity index (χ4v) is 4.05. The van der Waals surface area contributed by atoms with Crippen LogP contribution < -0.4 is 0 Å². The zero-order valence-corrected chi connectivity index (χ0v) is 15.2. The van der Waals surface area contributed by atoms with Gasteiger partial charge in [-0.05, 0) is 70.8 Å². The second-order valence-corrected chi connectivity index (χ2v) is 8.82. The van der Waals surface area contributed by atoms with E-state index in [1.54, 1.807) is 6.20 Å². The lowest BCUT2D eigenvalue weighted by Gasteiger charge is -2.42. The fourth-order valence-electron chi connectivity index (χ4n) is 4.05. The van der Waals surface area contributed by atoms with Gasteiger partial charge in [0.15, 0.2) is 5.76 Å². The molecule has 0 radical (unpaired) electrons. The summed E-state index contributed by atoms with van der Waals surface area (Å²) in [6, 6.07) is 9.09. The average Bonchev–Trinajstić information content (AvgIpc) is 3.25. The molecule has 1 aromatic heterocycles. The van der Waals surface area contributed by atoms with E-state index in [1.807, 2.05) is 6.07 Å². The lowest BCUT2D eigenvalue weighted by molar-refractivity contribution is 0.332. The Bertz CT molecular complexity index is 776. The summed E-state index contributed by atoms with van der Waals surface area (Å²) in [5.74, 6) is 1.53. The molecule has 4 rings (SSSR count). The smallest absolute Gasteiger partial charge is 0.159 e. The molecule has 126 valence electrons. The minimum Gasteiger partial charge on any atom is -0.357 e. The quantitative estimate of drug-likeness (QED) is 0.695. The molecular formula is C22H27NO. The van der Waals surface area contributed by atoms with Gasteiger partial charge < -0.3 is 4.52 Å². The molecule has 2 aliphatic carbocycles. The van der Waals surface area contributed by atoms with Crippen molar-refractivity contribution in [3.05, 3.63) is 52.9 Å². The van der Waals surface area contributed by atoms with Gasteiger partial charge in [0, 0.05) is 6.07 Å². The Morgan fingerprint density at radius 3 is 2.38 bits per heavy atom. The van der Waals surface area contributed by atoms with E-state index in [1.165, 1.54) is 47.9 Å². The highest BCUT2D eigenvalue weighted by Gasteiger charge is 2.37. The van der Waals surface area contributed by atoms with Crippen LogP contribution in [-0.4, -0.2) is 5.16 Å². The van der Waals surface area contributed by atoms with E-state index >= 15 is 0 Å². The van der Waals surface area contributed by atoms with Gasteiger partial charge >= 0.3 is 0 Å². The van der Waals surface area contributed by atoms with Gasteiger partial charge in [0.1, 0.15) is 0 Å². The third kappa shape index (κ3) is 2.72. The van der Waals surface area contributed by atoms with Gasteiger partial charge in [-0.25, -0.2) is 0 Å². The van der Waals surface area contributed by atoms with Crippen LogP contribution >= 0.6 is 0 Å². The van der Waals surface area contributed by atoms with Crippen LogP contribution in [0.15, 0.2) is 35.0 Å². The molecule has 1 aromatic carbocycles. The predicted molar refractivity (Wildman–Crippen MR) is 98.8 cm³/mol. The van der Waals surface area contributed by atoms with Gasteiger partial charge in [0.2, 0.25) is 0 Å². The zero-order valence-electron chi connectivity index (χ0n) is 15.2. The molecule has 0 aliphatic heterocycles. The summed E-state index contributed by atoms with van der Waals surface area (Å²) < 4.78 is 5.32. The number of nitrogens with zero attached hydrogens (tertiary/aromatic N) is 1. The predicted octanol–water partition coefficient (Wildman–Crippen LogP) is 5.97. The highest BCUT2D eigenvalue weighted by molar-refractivity contribution is 5.83. The summed E-state index contributed by atoms with van der Waals surface area (Å²) in [4.78, 5) is 0. The maximum Gasteiger partial charge on any atom is 0.159 e. The van der Waals surface area contributed by atoms with Crippen LogP contribution in [-0.2, 0) is 10.8 Å². The molecule has 0 unspecified atom stereocenters. The first-order valence-electron chi connectivity index (χ1n) is 9.14. The Balaban J connectivity index is 1.82. The van der Waals surface area contributed by atoms with Crippen LogP contribution in [0.3, 0.4) is 0 Å². The van der Waals surface area contributed by atoms with E-state index in [-0.39, 0.29) is 10.8 Å². The molecular weight excluding hydrogens is 294 g/mol. The monoisotopic (exact) mass is 321 g/mol. The largest absolute Gasteiger partial charge is 0.357 e. The Kier molecular flexibility index (Phi) is 3.49. The lowest BCUT2D eigenvalue weighted by atomic mass is 9.63. The summed E-state index contributed by atoms with van der Waals surface area (Å²) in [5.41, 5.74) is 6.35. The second kappa shape index (κ2) is 5.34. The molecule has 1 fully saturated rings. The third-order valence-corrected chi connectivity index (χ3v) is 5.96. The summed E-state index contributed by atoms with van der Waals surface area (Å²) >= 11 is 0. The molecule has 24 heavy (non-hydrogen) atoms. The van der Waals surface area contributed by atoms with E-state index in [0.717, 1.165) is 5.76 Å². The number of fused-ring (bicyclic) bond motifs is 1. The molecule has 0 amide bonds. The highest BCUT2D eigenvalue weighted by atomic mass is 16.5. The molecule has 2 heteroatoms. The Labute approximate surface area is 144 Å². The van der Waals surface area contributed by atoms with E-state index in [9.17, 15) is 0 Å². The van der Waals surface area contributed by atoms with Crippen LogP contribution in [0.4, 0.5) is 0 Å². The topological polar surface area (TPSA) is 26.0 Å². The Morgan fingerprint density at radius 2 is 1.75 bits per heavy atom. The van der Waals surface area contributed by atoms with E-state index < -0.39 is 0 Å². The lowest BCUT2D eigenvalue weighted by Crippen LogP contribution is -2.33. The van der Waals surface area contributed by atoms with Gasteiger partial charge in [-0.15, -0.1) is 0 Å².